The second-order valence-electron chi connectivity index (χ2n) is 8.34. The lowest BCUT2D eigenvalue weighted by Crippen LogP contribution is -2.56. The zero-order chi connectivity index (χ0) is 25.7. The van der Waals surface area contributed by atoms with Gasteiger partial charge in [-0.2, -0.15) is 13.2 Å². The first kappa shape index (κ1) is 25.7. The average Bonchev–Trinajstić information content (AvgIpc) is 3.27. The second kappa shape index (κ2) is 9.22. The Morgan fingerprint density at radius 1 is 1.23 bits per heavy atom. The Bertz CT molecular complexity index is 1150. The number of halogens is 7. The number of likely N-dealkylation sites (tertiary alicyclic amines) is 1. The molecule has 35 heavy (non-hydrogen) atoms. The lowest BCUT2D eigenvalue weighted by atomic mass is 9.86. The number of alkyl halides is 4. The molecule has 4 atom stereocenters. The van der Waals surface area contributed by atoms with Gasteiger partial charge in [0.1, 0.15) is 12.3 Å². The van der Waals surface area contributed by atoms with E-state index in [1.165, 1.54) is 36.3 Å². The Morgan fingerprint density at radius 2 is 1.83 bits per heavy atom. The molecule has 0 aromatic heterocycles. The Balaban J connectivity index is 1.59. The Hall–Kier alpha value is -2.43. The van der Waals surface area contributed by atoms with Crippen LogP contribution >= 0.6 is 23.2 Å². The van der Waals surface area contributed by atoms with Crippen LogP contribution in [0.2, 0.25) is 10.0 Å². The van der Waals surface area contributed by atoms with E-state index in [0.717, 1.165) is 12.1 Å². The van der Waals surface area contributed by atoms with Gasteiger partial charge in [0.05, 0.1) is 28.3 Å². The largest absolute Gasteiger partial charge is 0.435 e. The van der Waals surface area contributed by atoms with Crippen molar-refractivity contribution in [2.24, 2.45) is 5.16 Å². The number of carbonyl (C=O) groups is 1. The predicted molar refractivity (Wildman–Crippen MR) is 119 cm³/mol. The summed E-state index contributed by atoms with van der Waals surface area (Å²) < 4.78 is 75.6. The number of nitrogens with zero attached hydrogens (tertiary/aromatic N) is 2. The van der Waals surface area contributed by atoms with E-state index in [2.05, 4.69) is 5.16 Å². The van der Waals surface area contributed by atoms with Crippen LogP contribution in [0.15, 0.2) is 41.6 Å². The molecule has 1 fully saturated rings. The van der Waals surface area contributed by atoms with Crippen molar-refractivity contribution >= 4 is 34.8 Å². The number of oxime groups is 1. The van der Waals surface area contributed by atoms with Gasteiger partial charge in [-0.3, -0.25) is 4.79 Å². The number of methoxy groups -OCH3 is 1. The van der Waals surface area contributed by atoms with Crippen molar-refractivity contribution in [2.45, 2.75) is 43.4 Å². The number of benzene rings is 2. The van der Waals surface area contributed by atoms with Crippen LogP contribution in [0.3, 0.4) is 0 Å². The van der Waals surface area contributed by atoms with E-state index >= 15 is 0 Å². The molecular weight excluding hydrogens is 518 g/mol. The molecule has 0 spiro atoms. The van der Waals surface area contributed by atoms with Gasteiger partial charge in [-0.25, -0.2) is 8.78 Å². The molecule has 0 bridgehead atoms. The summed E-state index contributed by atoms with van der Waals surface area (Å²) in [6.45, 7) is 1.48. The number of hydrogen-bond donors (Lipinski definition) is 0. The first-order valence-electron chi connectivity index (χ1n) is 10.4. The van der Waals surface area contributed by atoms with E-state index in [0.29, 0.717) is 11.1 Å². The molecule has 0 N–H and O–H groups in total. The highest BCUT2D eigenvalue weighted by molar-refractivity contribution is 6.35. The van der Waals surface area contributed by atoms with E-state index in [9.17, 15) is 26.7 Å². The number of amides is 1. The lowest BCUT2D eigenvalue weighted by molar-refractivity contribution is -0.275. The lowest BCUT2D eigenvalue weighted by Gasteiger charge is -2.45. The van der Waals surface area contributed by atoms with Gasteiger partial charge in [-0.05, 0) is 30.2 Å². The van der Waals surface area contributed by atoms with Gasteiger partial charge in [0.2, 0.25) is 0 Å². The third-order valence-electron chi connectivity index (χ3n) is 6.26. The summed E-state index contributed by atoms with van der Waals surface area (Å²) in [7, 11) is 1.37. The maximum atomic E-state index is 14.3. The van der Waals surface area contributed by atoms with E-state index < -0.39 is 57.9 Å². The zero-order valence-corrected chi connectivity index (χ0v) is 19.9. The van der Waals surface area contributed by atoms with Crippen molar-refractivity contribution in [2.75, 3.05) is 13.7 Å². The fraction of sp³-hybridized carbons (Fsp3) is 0.391. The minimum atomic E-state index is -4.94. The molecule has 2 aromatic rings. The van der Waals surface area contributed by atoms with Crippen molar-refractivity contribution in [1.82, 2.24) is 4.90 Å². The van der Waals surface area contributed by atoms with Crippen LogP contribution < -0.4 is 0 Å². The predicted octanol–water partition coefficient (Wildman–Crippen LogP) is 5.97. The number of ether oxygens (including phenoxy) is 1. The summed E-state index contributed by atoms with van der Waals surface area (Å²) in [4.78, 5) is 18.6. The summed E-state index contributed by atoms with van der Waals surface area (Å²) in [5.74, 6) is -1.41. The smallest absolute Gasteiger partial charge is 0.374 e. The van der Waals surface area contributed by atoms with Gasteiger partial charge < -0.3 is 14.5 Å². The molecule has 2 aliphatic heterocycles. The summed E-state index contributed by atoms with van der Waals surface area (Å²) in [5, 5.41) is 2.48. The Labute approximate surface area is 207 Å². The molecule has 188 valence electrons. The SMILES string of the molecule is COC(C)C(=O)N1CC(F)C1c1ccc(C2=NOC(c3cc(Cl)c(F)c(Cl)c3)(C(F)(F)F)C2)cc1. The van der Waals surface area contributed by atoms with Crippen LogP contribution in [0.25, 0.3) is 0 Å². The molecule has 2 heterocycles. The van der Waals surface area contributed by atoms with E-state index in [1.54, 1.807) is 6.92 Å². The fourth-order valence-corrected chi connectivity index (χ4v) is 4.62. The number of carbonyl (C=O) groups excluding carboxylic acids is 1. The van der Waals surface area contributed by atoms with E-state index in [1.807, 2.05) is 0 Å². The molecule has 2 aliphatic rings. The van der Waals surface area contributed by atoms with Crippen LogP contribution in [-0.2, 0) is 20.0 Å². The van der Waals surface area contributed by atoms with Crippen LogP contribution in [0.4, 0.5) is 22.0 Å². The summed E-state index contributed by atoms with van der Waals surface area (Å²) >= 11 is 11.4. The highest BCUT2D eigenvalue weighted by Crippen LogP contribution is 2.50. The molecule has 12 heteroatoms. The average molecular weight is 537 g/mol. The van der Waals surface area contributed by atoms with Crippen LogP contribution in [0.1, 0.15) is 36.1 Å². The van der Waals surface area contributed by atoms with Crippen molar-refractivity contribution < 1.29 is 36.3 Å². The Kier molecular flexibility index (Phi) is 6.76. The quantitative estimate of drug-likeness (QED) is 0.349. The molecule has 5 nitrogen and oxygen atoms in total. The van der Waals surface area contributed by atoms with Crippen LogP contribution in [0.5, 0.6) is 0 Å². The molecule has 4 unspecified atom stereocenters. The summed E-state index contributed by atoms with van der Waals surface area (Å²) in [6, 6.07) is 6.78. The normalized spacial score (nSPS) is 25.1. The molecule has 4 rings (SSSR count). The van der Waals surface area contributed by atoms with Crippen molar-refractivity contribution in [3.63, 3.8) is 0 Å². The molecular formula is C23H19Cl2F5N2O3. The van der Waals surface area contributed by atoms with Gasteiger partial charge in [0.25, 0.3) is 11.5 Å². The second-order valence-corrected chi connectivity index (χ2v) is 9.15. The zero-order valence-electron chi connectivity index (χ0n) is 18.4. The van der Waals surface area contributed by atoms with Crippen LogP contribution in [-0.4, -0.2) is 48.6 Å². The fourth-order valence-electron chi connectivity index (χ4n) is 4.13. The van der Waals surface area contributed by atoms with Crippen molar-refractivity contribution in [3.8, 4) is 0 Å². The van der Waals surface area contributed by atoms with Crippen molar-refractivity contribution in [3.05, 3.63) is 69.0 Å². The summed E-state index contributed by atoms with van der Waals surface area (Å²) in [5.41, 5.74) is -2.66. The highest BCUT2D eigenvalue weighted by atomic mass is 35.5. The van der Waals surface area contributed by atoms with E-state index in [-0.39, 0.29) is 18.2 Å². The van der Waals surface area contributed by atoms with Gasteiger partial charge >= 0.3 is 6.18 Å². The van der Waals surface area contributed by atoms with E-state index in [4.69, 9.17) is 32.8 Å². The van der Waals surface area contributed by atoms with Gasteiger partial charge in [0.15, 0.2) is 5.82 Å². The molecule has 1 amide bonds. The molecule has 1 saturated heterocycles. The molecule has 0 saturated carbocycles. The summed E-state index contributed by atoms with van der Waals surface area (Å²) in [6.07, 6.45) is -7.68. The minimum absolute atomic E-state index is 0.0307. The molecule has 0 aliphatic carbocycles. The maximum absolute atomic E-state index is 14.3. The number of rotatable bonds is 5. The van der Waals surface area contributed by atoms with Gasteiger partial charge in [-0.1, -0.05) is 52.6 Å². The topological polar surface area (TPSA) is 51.1 Å². The number of hydrogen-bond acceptors (Lipinski definition) is 4. The van der Waals surface area contributed by atoms with Gasteiger partial charge in [-0.15, -0.1) is 0 Å². The highest BCUT2D eigenvalue weighted by Gasteiger charge is 2.62. The Morgan fingerprint density at radius 3 is 2.34 bits per heavy atom. The molecule has 2 aromatic carbocycles. The van der Waals surface area contributed by atoms with Gasteiger partial charge in [0, 0.05) is 19.1 Å². The first-order valence-corrected chi connectivity index (χ1v) is 11.2. The molecule has 0 radical (unpaired) electrons. The van der Waals surface area contributed by atoms with Crippen LogP contribution in [0, 0.1) is 5.82 Å². The monoisotopic (exact) mass is 536 g/mol. The van der Waals surface area contributed by atoms with Crippen molar-refractivity contribution in [1.29, 1.82) is 0 Å². The third-order valence-corrected chi connectivity index (χ3v) is 6.81. The maximum Gasteiger partial charge on any atom is 0.435 e. The first-order chi connectivity index (χ1) is 16.4. The minimum Gasteiger partial charge on any atom is -0.374 e. The third kappa shape index (κ3) is 4.36. The standard InChI is InChI=1S/C23H19Cl2F5N2O3/c1-11(34-2)21(33)32-10-17(26)20(32)13-5-3-12(4-6-13)18-9-22(35-31-18,23(28,29)30)14-7-15(24)19(27)16(25)8-14/h3-8,11,17,20H,9-10H2,1-2H3.